The van der Waals surface area contributed by atoms with Crippen molar-refractivity contribution in [2.45, 2.75) is 6.18 Å². The minimum atomic E-state index is -4.52. The minimum Gasteiger partial charge on any atom is -0.364 e. The number of aromatic nitrogens is 1. The van der Waals surface area contributed by atoms with Gasteiger partial charge in [-0.05, 0) is 18.2 Å². The zero-order valence-electron chi connectivity index (χ0n) is 9.16. The fourth-order valence-corrected chi connectivity index (χ4v) is 1.48. The highest BCUT2D eigenvalue weighted by atomic mass is 35.5. The Labute approximate surface area is 110 Å². The second-order valence-corrected chi connectivity index (χ2v) is 3.94. The molecule has 0 bridgehead atoms. The van der Waals surface area contributed by atoms with E-state index in [1.165, 1.54) is 12.3 Å². The summed E-state index contributed by atoms with van der Waals surface area (Å²) in [6.45, 7) is 0. The molecule has 8 heteroatoms. The zero-order chi connectivity index (χ0) is 14.0. The number of nitrogens with one attached hydrogen (secondary N) is 1. The van der Waals surface area contributed by atoms with E-state index in [2.05, 4.69) is 15.0 Å². The molecule has 0 atom stereocenters. The second-order valence-electron chi connectivity index (χ2n) is 3.53. The van der Waals surface area contributed by atoms with Crippen molar-refractivity contribution in [3.05, 3.63) is 46.8 Å². The third-order valence-electron chi connectivity index (χ3n) is 2.21. The Hall–Kier alpha value is -2.02. The van der Waals surface area contributed by atoms with Crippen molar-refractivity contribution in [2.24, 2.45) is 0 Å². The van der Waals surface area contributed by atoms with Gasteiger partial charge in [0.25, 0.3) is 5.91 Å². The predicted octanol–water partition coefficient (Wildman–Crippen LogP) is 3.60. The van der Waals surface area contributed by atoms with Crippen LogP contribution in [0.4, 0.5) is 18.9 Å². The Morgan fingerprint density at radius 3 is 2.63 bits per heavy atom. The lowest BCUT2D eigenvalue weighted by Crippen LogP contribution is -2.14. The molecule has 0 saturated carbocycles. The molecule has 1 N–H and O–H groups in total. The maximum Gasteiger partial charge on any atom is 0.416 e. The Kier molecular flexibility index (Phi) is 3.48. The number of amides is 1. The third kappa shape index (κ3) is 3.05. The summed E-state index contributed by atoms with van der Waals surface area (Å²) < 4.78 is 42.0. The molecule has 0 fully saturated rings. The Bertz CT molecular complexity index is 596. The van der Waals surface area contributed by atoms with Gasteiger partial charge >= 0.3 is 6.18 Å². The molecule has 0 spiro atoms. The van der Waals surface area contributed by atoms with E-state index in [0.29, 0.717) is 0 Å². The minimum absolute atomic E-state index is 0.00940. The normalized spacial score (nSPS) is 11.4. The summed E-state index contributed by atoms with van der Waals surface area (Å²) in [7, 11) is 0. The zero-order valence-corrected chi connectivity index (χ0v) is 9.92. The number of halogens is 4. The molecule has 1 heterocycles. The van der Waals surface area contributed by atoms with Gasteiger partial charge in [-0.25, -0.2) is 0 Å². The molecule has 100 valence electrons. The number of benzene rings is 1. The molecule has 0 aliphatic carbocycles. The van der Waals surface area contributed by atoms with E-state index in [4.69, 9.17) is 11.6 Å². The number of alkyl halides is 3. The number of anilines is 1. The van der Waals surface area contributed by atoms with Gasteiger partial charge in [-0.2, -0.15) is 13.2 Å². The first-order valence-electron chi connectivity index (χ1n) is 4.96. The van der Waals surface area contributed by atoms with Gasteiger partial charge in [-0.3, -0.25) is 4.79 Å². The smallest absolute Gasteiger partial charge is 0.364 e. The largest absolute Gasteiger partial charge is 0.416 e. The Balaban J connectivity index is 2.27. The van der Waals surface area contributed by atoms with Crippen LogP contribution in [0.15, 0.2) is 35.1 Å². The predicted molar refractivity (Wildman–Crippen MR) is 60.9 cm³/mol. The standard InChI is InChI=1S/C11H6ClF3N2O2/c12-7-2-1-6(11(13,14)15)5-9(7)16-10(18)8-3-4-19-17-8/h1-5H,(H,16,18). The van der Waals surface area contributed by atoms with Crippen molar-refractivity contribution in [3.8, 4) is 0 Å². The van der Waals surface area contributed by atoms with Crippen LogP contribution in [0.25, 0.3) is 0 Å². The van der Waals surface area contributed by atoms with Gasteiger partial charge in [0, 0.05) is 6.07 Å². The summed E-state index contributed by atoms with van der Waals surface area (Å²) in [5.74, 6) is -0.713. The van der Waals surface area contributed by atoms with E-state index in [9.17, 15) is 18.0 Å². The molecule has 4 nitrogen and oxygen atoms in total. The fourth-order valence-electron chi connectivity index (χ4n) is 1.31. The lowest BCUT2D eigenvalue weighted by atomic mass is 10.2. The molecule has 2 rings (SSSR count). The summed E-state index contributed by atoms with van der Waals surface area (Å²) in [4.78, 5) is 11.6. The van der Waals surface area contributed by atoms with Crippen LogP contribution < -0.4 is 5.32 Å². The number of rotatable bonds is 2. The molecule has 1 amide bonds. The van der Waals surface area contributed by atoms with Crippen molar-refractivity contribution < 1.29 is 22.5 Å². The number of carbonyl (C=O) groups is 1. The van der Waals surface area contributed by atoms with Crippen LogP contribution in [0.1, 0.15) is 16.1 Å². The Morgan fingerprint density at radius 1 is 1.32 bits per heavy atom. The summed E-state index contributed by atoms with van der Waals surface area (Å²) in [6.07, 6.45) is -3.35. The number of carbonyl (C=O) groups excluding carboxylic acids is 1. The average Bonchev–Trinajstić information content (AvgIpc) is 2.84. The molecule has 1 aromatic heterocycles. The molecule has 1 aromatic carbocycles. The average molecular weight is 291 g/mol. The molecule has 0 unspecified atom stereocenters. The third-order valence-corrected chi connectivity index (χ3v) is 2.54. The van der Waals surface area contributed by atoms with Crippen molar-refractivity contribution in [1.29, 1.82) is 0 Å². The van der Waals surface area contributed by atoms with Crippen molar-refractivity contribution in [3.63, 3.8) is 0 Å². The van der Waals surface area contributed by atoms with Gasteiger partial charge in [0.05, 0.1) is 16.3 Å². The van der Waals surface area contributed by atoms with E-state index in [1.807, 2.05) is 0 Å². The van der Waals surface area contributed by atoms with Crippen LogP contribution >= 0.6 is 11.6 Å². The highest BCUT2D eigenvalue weighted by Crippen LogP contribution is 2.33. The van der Waals surface area contributed by atoms with Crippen molar-refractivity contribution in [2.75, 3.05) is 5.32 Å². The van der Waals surface area contributed by atoms with Crippen LogP contribution in [0, 0.1) is 0 Å². The van der Waals surface area contributed by atoms with Gasteiger partial charge < -0.3 is 9.84 Å². The number of nitrogens with zero attached hydrogens (tertiary/aromatic N) is 1. The summed E-state index contributed by atoms with van der Waals surface area (Å²) in [6, 6.07) is 3.91. The Morgan fingerprint density at radius 2 is 2.05 bits per heavy atom. The molecule has 0 aliphatic rings. The first kappa shape index (κ1) is 13.4. The van der Waals surface area contributed by atoms with Gasteiger partial charge in [-0.1, -0.05) is 16.8 Å². The van der Waals surface area contributed by atoms with Crippen molar-refractivity contribution in [1.82, 2.24) is 5.16 Å². The molecule has 0 saturated heterocycles. The van der Waals surface area contributed by atoms with Crippen LogP contribution in [-0.4, -0.2) is 11.1 Å². The lowest BCUT2D eigenvalue weighted by molar-refractivity contribution is -0.137. The van der Waals surface area contributed by atoms with Gasteiger partial charge in [0.1, 0.15) is 6.26 Å². The van der Waals surface area contributed by atoms with Crippen LogP contribution in [0.3, 0.4) is 0 Å². The number of hydrogen-bond donors (Lipinski definition) is 1. The molecule has 0 radical (unpaired) electrons. The summed E-state index contributed by atoms with van der Waals surface area (Å²) in [5, 5.41) is 5.58. The summed E-state index contributed by atoms with van der Waals surface area (Å²) in [5.41, 5.74) is -1.12. The molecule has 19 heavy (non-hydrogen) atoms. The monoisotopic (exact) mass is 290 g/mol. The van der Waals surface area contributed by atoms with Gasteiger partial charge in [0.15, 0.2) is 5.69 Å². The van der Waals surface area contributed by atoms with Gasteiger partial charge in [-0.15, -0.1) is 0 Å². The van der Waals surface area contributed by atoms with Crippen LogP contribution in [0.2, 0.25) is 5.02 Å². The fraction of sp³-hybridized carbons (Fsp3) is 0.0909. The summed E-state index contributed by atoms with van der Waals surface area (Å²) >= 11 is 5.73. The molecule has 0 aliphatic heterocycles. The van der Waals surface area contributed by atoms with E-state index in [0.717, 1.165) is 18.2 Å². The highest BCUT2D eigenvalue weighted by Gasteiger charge is 2.31. The molecular weight excluding hydrogens is 285 g/mol. The first-order valence-corrected chi connectivity index (χ1v) is 5.34. The first-order chi connectivity index (χ1) is 8.88. The highest BCUT2D eigenvalue weighted by molar-refractivity contribution is 6.33. The van der Waals surface area contributed by atoms with Crippen molar-refractivity contribution >= 4 is 23.2 Å². The van der Waals surface area contributed by atoms with E-state index in [-0.39, 0.29) is 16.4 Å². The second kappa shape index (κ2) is 4.93. The topological polar surface area (TPSA) is 55.1 Å². The number of hydrogen-bond acceptors (Lipinski definition) is 3. The maximum atomic E-state index is 12.5. The van der Waals surface area contributed by atoms with E-state index >= 15 is 0 Å². The van der Waals surface area contributed by atoms with Gasteiger partial charge in [0.2, 0.25) is 0 Å². The molecular formula is C11H6ClF3N2O2. The van der Waals surface area contributed by atoms with E-state index in [1.54, 1.807) is 0 Å². The quantitative estimate of drug-likeness (QED) is 0.919. The van der Waals surface area contributed by atoms with Crippen LogP contribution in [0.5, 0.6) is 0 Å². The molecule has 2 aromatic rings. The maximum absolute atomic E-state index is 12.5. The van der Waals surface area contributed by atoms with Crippen LogP contribution in [-0.2, 0) is 6.18 Å². The SMILES string of the molecule is O=C(Nc1cc(C(F)(F)F)ccc1Cl)c1ccon1. The lowest BCUT2D eigenvalue weighted by Gasteiger charge is -2.10. The van der Waals surface area contributed by atoms with E-state index < -0.39 is 17.6 Å².